The van der Waals surface area contributed by atoms with Crippen LogP contribution in [0.2, 0.25) is 0 Å². The Morgan fingerprint density at radius 1 is 1.42 bits per heavy atom. The highest BCUT2D eigenvalue weighted by molar-refractivity contribution is 5.68. The zero-order valence-corrected chi connectivity index (χ0v) is 12.6. The second kappa shape index (κ2) is 6.79. The second-order valence-electron chi connectivity index (χ2n) is 6.30. The average Bonchev–Trinajstić information content (AvgIpc) is 2.54. The number of hydrogen-bond donors (Lipinski definition) is 0. The van der Waals surface area contributed by atoms with Crippen molar-refractivity contribution in [2.45, 2.75) is 59.0 Å². The molecule has 4 nitrogen and oxygen atoms in total. The van der Waals surface area contributed by atoms with Gasteiger partial charge >= 0.3 is 6.09 Å². The summed E-state index contributed by atoms with van der Waals surface area (Å²) in [7, 11) is 0. The summed E-state index contributed by atoms with van der Waals surface area (Å²) in [6.45, 7) is 9.16. The van der Waals surface area contributed by atoms with E-state index in [9.17, 15) is 4.79 Å². The van der Waals surface area contributed by atoms with Gasteiger partial charge in [-0.2, -0.15) is 5.26 Å². The van der Waals surface area contributed by atoms with Gasteiger partial charge in [0.1, 0.15) is 5.60 Å². The molecule has 2 unspecified atom stereocenters. The molecule has 1 rings (SSSR count). The summed E-state index contributed by atoms with van der Waals surface area (Å²) >= 11 is 0. The van der Waals surface area contributed by atoms with E-state index in [4.69, 9.17) is 10.00 Å². The maximum absolute atomic E-state index is 12.0. The van der Waals surface area contributed by atoms with Crippen molar-refractivity contribution in [1.82, 2.24) is 4.90 Å². The molecule has 0 aliphatic carbocycles. The van der Waals surface area contributed by atoms with E-state index in [1.807, 2.05) is 20.8 Å². The highest BCUT2D eigenvalue weighted by Gasteiger charge is 2.27. The van der Waals surface area contributed by atoms with E-state index in [0.29, 0.717) is 12.5 Å². The Morgan fingerprint density at radius 3 is 2.63 bits per heavy atom. The van der Waals surface area contributed by atoms with E-state index >= 15 is 0 Å². The Balaban J connectivity index is 2.55. The summed E-state index contributed by atoms with van der Waals surface area (Å²) < 4.78 is 5.40. The average molecular weight is 266 g/mol. The lowest BCUT2D eigenvalue weighted by Crippen LogP contribution is -2.37. The lowest BCUT2D eigenvalue weighted by atomic mass is 9.86. The van der Waals surface area contributed by atoms with Crippen LogP contribution >= 0.6 is 0 Å². The van der Waals surface area contributed by atoms with Crippen molar-refractivity contribution in [2.75, 3.05) is 13.1 Å². The van der Waals surface area contributed by atoms with Crippen LogP contribution in [0.1, 0.15) is 53.4 Å². The van der Waals surface area contributed by atoms with E-state index in [0.717, 1.165) is 32.2 Å². The number of rotatable bonds is 2. The van der Waals surface area contributed by atoms with Crippen LogP contribution in [-0.4, -0.2) is 29.7 Å². The van der Waals surface area contributed by atoms with Crippen molar-refractivity contribution in [1.29, 1.82) is 5.26 Å². The Bertz CT molecular complexity index is 341. The lowest BCUT2D eigenvalue weighted by Gasteiger charge is -2.26. The molecule has 19 heavy (non-hydrogen) atoms. The summed E-state index contributed by atoms with van der Waals surface area (Å²) in [6, 6.07) is 2.40. The molecular formula is C15H26N2O2. The van der Waals surface area contributed by atoms with Crippen LogP contribution in [0.25, 0.3) is 0 Å². The van der Waals surface area contributed by atoms with Crippen molar-refractivity contribution in [3.05, 3.63) is 0 Å². The molecule has 0 spiro atoms. The van der Waals surface area contributed by atoms with Crippen LogP contribution in [0, 0.1) is 23.2 Å². The molecule has 1 aliphatic heterocycles. The van der Waals surface area contributed by atoms with E-state index < -0.39 is 5.60 Å². The lowest BCUT2D eigenvalue weighted by molar-refractivity contribution is 0.0254. The summed E-state index contributed by atoms with van der Waals surface area (Å²) in [5, 5.41) is 9.14. The highest BCUT2D eigenvalue weighted by atomic mass is 16.6. The van der Waals surface area contributed by atoms with Gasteiger partial charge in [0.05, 0.1) is 6.07 Å². The third-order valence-corrected chi connectivity index (χ3v) is 3.60. The fraction of sp³-hybridized carbons (Fsp3) is 0.867. The van der Waals surface area contributed by atoms with Gasteiger partial charge in [0.2, 0.25) is 0 Å². The number of amides is 1. The minimum Gasteiger partial charge on any atom is -0.444 e. The fourth-order valence-corrected chi connectivity index (χ4v) is 2.56. The molecule has 1 heterocycles. The molecule has 1 saturated heterocycles. The molecule has 0 radical (unpaired) electrons. The number of nitrogens with zero attached hydrogens (tertiary/aromatic N) is 2. The summed E-state index contributed by atoms with van der Waals surface area (Å²) in [5.74, 6) is 0.543. The molecule has 0 aromatic carbocycles. The van der Waals surface area contributed by atoms with Crippen molar-refractivity contribution >= 4 is 6.09 Å². The molecule has 0 bridgehead atoms. The van der Waals surface area contributed by atoms with Crippen LogP contribution in [0.3, 0.4) is 0 Å². The summed E-state index contributed by atoms with van der Waals surface area (Å²) in [6.07, 6.45) is 3.57. The third kappa shape index (κ3) is 5.10. The van der Waals surface area contributed by atoms with Gasteiger partial charge < -0.3 is 9.64 Å². The predicted octanol–water partition coefficient (Wildman–Crippen LogP) is 3.57. The van der Waals surface area contributed by atoms with E-state index in [-0.39, 0.29) is 12.0 Å². The minimum absolute atomic E-state index is 0.124. The van der Waals surface area contributed by atoms with Gasteiger partial charge in [0.15, 0.2) is 0 Å². The van der Waals surface area contributed by atoms with Crippen LogP contribution in [0.4, 0.5) is 4.79 Å². The SMILES string of the molecule is CCC(C#N)C1CCCN(C(=O)OC(C)(C)C)CC1. The zero-order valence-electron chi connectivity index (χ0n) is 12.6. The first-order chi connectivity index (χ1) is 8.87. The minimum atomic E-state index is -0.443. The number of carbonyl (C=O) groups excluding carboxylic acids is 1. The molecule has 0 saturated carbocycles. The first-order valence-electron chi connectivity index (χ1n) is 7.25. The molecular weight excluding hydrogens is 240 g/mol. The van der Waals surface area contributed by atoms with Gasteiger partial charge in [-0.15, -0.1) is 0 Å². The maximum Gasteiger partial charge on any atom is 0.410 e. The Morgan fingerprint density at radius 2 is 2.11 bits per heavy atom. The van der Waals surface area contributed by atoms with Crippen LogP contribution in [-0.2, 0) is 4.74 Å². The van der Waals surface area contributed by atoms with E-state index in [1.54, 1.807) is 4.90 Å². The summed E-state index contributed by atoms with van der Waals surface area (Å²) in [4.78, 5) is 13.8. The Kier molecular flexibility index (Phi) is 5.65. The molecule has 1 fully saturated rings. The standard InChI is InChI=1S/C15H26N2O2/c1-5-12(11-16)13-7-6-9-17(10-8-13)14(18)19-15(2,3)4/h12-13H,5-10H2,1-4H3. The van der Waals surface area contributed by atoms with Crippen molar-refractivity contribution < 1.29 is 9.53 Å². The Labute approximate surface area is 116 Å². The second-order valence-corrected chi connectivity index (χ2v) is 6.30. The molecule has 1 aliphatic rings. The summed E-state index contributed by atoms with van der Waals surface area (Å²) in [5.41, 5.74) is -0.443. The molecule has 1 amide bonds. The molecule has 0 aromatic rings. The van der Waals surface area contributed by atoms with Crippen molar-refractivity contribution in [3.63, 3.8) is 0 Å². The normalized spacial score (nSPS) is 22.3. The smallest absolute Gasteiger partial charge is 0.410 e. The first kappa shape index (κ1) is 15.8. The third-order valence-electron chi connectivity index (χ3n) is 3.60. The Hall–Kier alpha value is -1.24. The monoisotopic (exact) mass is 266 g/mol. The maximum atomic E-state index is 12.0. The van der Waals surface area contributed by atoms with Gasteiger partial charge in [-0.1, -0.05) is 6.92 Å². The van der Waals surface area contributed by atoms with Gasteiger partial charge in [0.25, 0.3) is 0 Å². The number of ether oxygens (including phenoxy) is 1. The molecule has 0 N–H and O–H groups in total. The number of likely N-dealkylation sites (tertiary alicyclic amines) is 1. The van der Waals surface area contributed by atoms with Crippen LogP contribution < -0.4 is 0 Å². The topological polar surface area (TPSA) is 53.3 Å². The highest BCUT2D eigenvalue weighted by Crippen LogP contribution is 2.27. The number of nitriles is 1. The zero-order chi connectivity index (χ0) is 14.5. The van der Waals surface area contributed by atoms with Crippen molar-refractivity contribution in [2.24, 2.45) is 11.8 Å². The molecule has 2 atom stereocenters. The fourth-order valence-electron chi connectivity index (χ4n) is 2.56. The largest absolute Gasteiger partial charge is 0.444 e. The van der Waals surface area contributed by atoms with Crippen LogP contribution in [0.15, 0.2) is 0 Å². The van der Waals surface area contributed by atoms with Crippen molar-refractivity contribution in [3.8, 4) is 6.07 Å². The first-order valence-corrected chi connectivity index (χ1v) is 7.25. The predicted molar refractivity (Wildman–Crippen MR) is 74.5 cm³/mol. The van der Waals surface area contributed by atoms with Gasteiger partial charge in [-0.3, -0.25) is 0 Å². The molecule has 4 heteroatoms. The number of carbonyl (C=O) groups is 1. The van der Waals surface area contributed by atoms with E-state index in [2.05, 4.69) is 13.0 Å². The molecule has 108 valence electrons. The quantitative estimate of drug-likeness (QED) is 0.767. The van der Waals surface area contributed by atoms with E-state index in [1.165, 1.54) is 0 Å². The van der Waals surface area contributed by atoms with Gasteiger partial charge in [-0.05, 0) is 52.4 Å². The van der Waals surface area contributed by atoms with Gasteiger partial charge in [-0.25, -0.2) is 4.79 Å². The van der Waals surface area contributed by atoms with Crippen LogP contribution in [0.5, 0.6) is 0 Å². The number of hydrogen-bond acceptors (Lipinski definition) is 3. The molecule has 0 aromatic heterocycles. The van der Waals surface area contributed by atoms with Gasteiger partial charge in [0, 0.05) is 19.0 Å².